The summed E-state index contributed by atoms with van der Waals surface area (Å²) in [6, 6.07) is 0. The number of amides is 2. The molecule has 1 aliphatic carbocycles. The van der Waals surface area contributed by atoms with Gasteiger partial charge in [-0.1, -0.05) is 27.2 Å². The zero-order valence-electron chi connectivity index (χ0n) is 15.3. The van der Waals surface area contributed by atoms with E-state index in [2.05, 4.69) is 10.0 Å². The van der Waals surface area contributed by atoms with Crippen LogP contribution in [-0.4, -0.2) is 49.0 Å². The topological polar surface area (TPSA) is 105 Å². The summed E-state index contributed by atoms with van der Waals surface area (Å²) in [5.41, 5.74) is -1.93. The first-order chi connectivity index (χ1) is 10.9. The van der Waals surface area contributed by atoms with Crippen LogP contribution >= 0.6 is 0 Å². The van der Waals surface area contributed by atoms with E-state index in [1.165, 1.54) is 0 Å². The SMILES string of the molecule is CCC1CC1(NC(=O)OC(C)(C)C)C(=O)NS(=O)(=O)N(CC)CC. The molecule has 2 unspecified atom stereocenters. The molecule has 0 saturated heterocycles. The molecule has 0 aliphatic heterocycles. The van der Waals surface area contributed by atoms with Crippen molar-refractivity contribution >= 4 is 22.2 Å². The predicted molar refractivity (Wildman–Crippen MR) is 90.5 cm³/mol. The summed E-state index contributed by atoms with van der Waals surface area (Å²) in [6.07, 6.45) is 0.311. The van der Waals surface area contributed by atoms with E-state index >= 15 is 0 Å². The highest BCUT2D eigenvalue weighted by Gasteiger charge is 2.61. The number of rotatable bonds is 7. The Kier molecular flexibility index (Phi) is 6.26. The molecule has 8 nitrogen and oxygen atoms in total. The number of nitrogens with zero attached hydrogens (tertiary/aromatic N) is 1. The minimum atomic E-state index is -3.93. The molecule has 1 rings (SSSR count). The van der Waals surface area contributed by atoms with Crippen LogP contribution in [0.4, 0.5) is 4.79 Å². The van der Waals surface area contributed by atoms with Crippen molar-refractivity contribution < 1.29 is 22.7 Å². The lowest BCUT2D eigenvalue weighted by Crippen LogP contribution is -2.55. The second-order valence-corrected chi connectivity index (χ2v) is 8.60. The molecule has 24 heavy (non-hydrogen) atoms. The number of hydrogen-bond acceptors (Lipinski definition) is 5. The molecule has 0 aromatic carbocycles. The van der Waals surface area contributed by atoms with Crippen LogP contribution in [0.2, 0.25) is 0 Å². The van der Waals surface area contributed by atoms with Gasteiger partial charge in [0.1, 0.15) is 11.1 Å². The van der Waals surface area contributed by atoms with Gasteiger partial charge in [-0.2, -0.15) is 12.7 Å². The van der Waals surface area contributed by atoms with Crippen molar-refractivity contribution in [3.8, 4) is 0 Å². The van der Waals surface area contributed by atoms with Crippen LogP contribution < -0.4 is 10.0 Å². The fourth-order valence-electron chi connectivity index (χ4n) is 2.63. The smallest absolute Gasteiger partial charge is 0.408 e. The first kappa shape index (κ1) is 20.7. The van der Waals surface area contributed by atoms with Crippen LogP contribution in [0.5, 0.6) is 0 Å². The summed E-state index contributed by atoms with van der Waals surface area (Å²) in [6.45, 7) is 10.9. The molecule has 0 heterocycles. The quantitative estimate of drug-likeness (QED) is 0.711. The lowest BCUT2D eigenvalue weighted by molar-refractivity contribution is -0.122. The van der Waals surface area contributed by atoms with Gasteiger partial charge in [0, 0.05) is 13.1 Å². The first-order valence-electron chi connectivity index (χ1n) is 8.25. The monoisotopic (exact) mass is 363 g/mol. The van der Waals surface area contributed by atoms with E-state index < -0.39 is 33.3 Å². The molecule has 2 N–H and O–H groups in total. The van der Waals surface area contributed by atoms with Gasteiger partial charge in [-0.3, -0.25) is 4.79 Å². The molecule has 0 spiro atoms. The Morgan fingerprint density at radius 2 is 1.75 bits per heavy atom. The number of alkyl carbamates (subject to hydrolysis) is 1. The van der Waals surface area contributed by atoms with Crippen molar-refractivity contribution in [3.63, 3.8) is 0 Å². The molecule has 2 atom stereocenters. The lowest BCUT2D eigenvalue weighted by atomic mass is 10.1. The minimum Gasteiger partial charge on any atom is -0.444 e. The maximum atomic E-state index is 12.6. The van der Waals surface area contributed by atoms with Crippen LogP contribution in [0.25, 0.3) is 0 Å². The number of hydrogen-bond donors (Lipinski definition) is 2. The molecule has 1 fully saturated rings. The Labute approximate surface area is 144 Å². The Morgan fingerprint density at radius 1 is 1.21 bits per heavy atom. The highest BCUT2D eigenvalue weighted by molar-refractivity contribution is 7.87. The van der Waals surface area contributed by atoms with E-state index in [1.54, 1.807) is 34.6 Å². The van der Waals surface area contributed by atoms with Crippen LogP contribution in [0, 0.1) is 5.92 Å². The number of ether oxygens (including phenoxy) is 1. The number of nitrogens with one attached hydrogen (secondary N) is 2. The fourth-order valence-corrected chi connectivity index (χ4v) is 3.86. The summed E-state index contributed by atoms with van der Waals surface area (Å²) < 4.78 is 32.9. The Balaban J connectivity index is 2.89. The van der Waals surface area contributed by atoms with E-state index in [0.717, 1.165) is 4.31 Å². The molecular formula is C15H29N3O5S. The molecule has 0 bridgehead atoms. The van der Waals surface area contributed by atoms with Gasteiger partial charge < -0.3 is 10.1 Å². The van der Waals surface area contributed by atoms with E-state index in [1.807, 2.05) is 6.92 Å². The van der Waals surface area contributed by atoms with Crippen molar-refractivity contribution in [1.82, 2.24) is 14.3 Å². The van der Waals surface area contributed by atoms with Crippen molar-refractivity contribution in [3.05, 3.63) is 0 Å². The van der Waals surface area contributed by atoms with Crippen molar-refractivity contribution in [1.29, 1.82) is 0 Å². The Morgan fingerprint density at radius 3 is 2.12 bits per heavy atom. The van der Waals surface area contributed by atoms with Crippen molar-refractivity contribution in [2.45, 2.75) is 65.5 Å². The molecule has 0 aromatic rings. The maximum absolute atomic E-state index is 12.6. The molecule has 140 valence electrons. The second kappa shape index (κ2) is 7.26. The molecule has 0 radical (unpaired) electrons. The molecule has 0 aromatic heterocycles. The summed E-state index contributed by atoms with van der Waals surface area (Å²) in [7, 11) is -3.93. The summed E-state index contributed by atoms with van der Waals surface area (Å²) in [5, 5.41) is 2.57. The van der Waals surface area contributed by atoms with E-state index in [0.29, 0.717) is 12.8 Å². The largest absolute Gasteiger partial charge is 0.444 e. The molecule has 9 heteroatoms. The van der Waals surface area contributed by atoms with Crippen molar-refractivity contribution in [2.75, 3.05) is 13.1 Å². The van der Waals surface area contributed by atoms with Gasteiger partial charge in [0.05, 0.1) is 0 Å². The average molecular weight is 363 g/mol. The van der Waals surface area contributed by atoms with Gasteiger partial charge in [-0.15, -0.1) is 0 Å². The maximum Gasteiger partial charge on any atom is 0.408 e. The van der Waals surface area contributed by atoms with E-state index in [9.17, 15) is 18.0 Å². The predicted octanol–water partition coefficient (Wildman–Crippen LogP) is 1.38. The van der Waals surface area contributed by atoms with E-state index in [4.69, 9.17) is 4.74 Å². The lowest BCUT2D eigenvalue weighted by Gasteiger charge is -2.25. The first-order valence-corrected chi connectivity index (χ1v) is 9.69. The molecule has 1 saturated carbocycles. The Bertz CT molecular complexity index is 580. The Hall–Kier alpha value is -1.35. The minimum absolute atomic E-state index is 0.114. The summed E-state index contributed by atoms with van der Waals surface area (Å²) >= 11 is 0. The highest BCUT2D eigenvalue weighted by atomic mass is 32.2. The van der Waals surface area contributed by atoms with Gasteiger partial charge in [0.2, 0.25) is 0 Å². The zero-order valence-corrected chi connectivity index (χ0v) is 16.1. The third-order valence-corrected chi connectivity index (χ3v) is 5.63. The summed E-state index contributed by atoms with van der Waals surface area (Å²) in [5.74, 6) is -0.830. The van der Waals surface area contributed by atoms with Gasteiger partial charge >= 0.3 is 16.3 Å². The van der Waals surface area contributed by atoms with E-state index in [-0.39, 0.29) is 19.0 Å². The average Bonchev–Trinajstić information content (AvgIpc) is 3.11. The van der Waals surface area contributed by atoms with Gasteiger partial charge in [0.15, 0.2) is 0 Å². The molecule has 2 amide bonds. The number of carbonyl (C=O) groups is 2. The third-order valence-electron chi connectivity index (χ3n) is 3.99. The van der Waals surface area contributed by atoms with Gasteiger partial charge in [0.25, 0.3) is 5.91 Å². The van der Waals surface area contributed by atoms with Crippen LogP contribution in [0.1, 0.15) is 54.4 Å². The third kappa shape index (κ3) is 4.83. The summed E-state index contributed by atoms with van der Waals surface area (Å²) in [4.78, 5) is 24.6. The molecule has 1 aliphatic rings. The molecular weight excluding hydrogens is 334 g/mol. The van der Waals surface area contributed by atoms with Crippen LogP contribution in [-0.2, 0) is 19.7 Å². The van der Waals surface area contributed by atoms with Crippen LogP contribution in [0.15, 0.2) is 0 Å². The van der Waals surface area contributed by atoms with Gasteiger partial charge in [-0.05, 0) is 33.1 Å². The van der Waals surface area contributed by atoms with Crippen molar-refractivity contribution in [2.24, 2.45) is 5.92 Å². The standard InChI is InChI=1S/C15H29N3O5S/c1-7-11-10-15(11,16-13(20)23-14(4,5)6)12(19)17-24(21,22)18(8-2)9-3/h11H,7-10H2,1-6H3,(H,16,20)(H,17,19). The fraction of sp³-hybridized carbons (Fsp3) is 0.867. The highest BCUT2D eigenvalue weighted by Crippen LogP contribution is 2.46. The van der Waals surface area contributed by atoms with Crippen LogP contribution in [0.3, 0.4) is 0 Å². The zero-order chi connectivity index (χ0) is 18.8. The normalized spacial score (nSPS) is 23.7. The van der Waals surface area contributed by atoms with Gasteiger partial charge in [-0.25, -0.2) is 9.52 Å². The number of carbonyl (C=O) groups excluding carboxylic acids is 2. The second-order valence-electron chi connectivity index (χ2n) is 6.93.